The zero-order valence-electron chi connectivity index (χ0n) is 15.8. The van der Waals surface area contributed by atoms with E-state index in [1.165, 1.54) is 18.9 Å². The summed E-state index contributed by atoms with van der Waals surface area (Å²) < 4.78 is 25.3. The van der Waals surface area contributed by atoms with Crippen molar-refractivity contribution >= 4 is 28.2 Å². The van der Waals surface area contributed by atoms with E-state index in [0.29, 0.717) is 18.0 Å². The van der Waals surface area contributed by atoms with Crippen LogP contribution in [0.3, 0.4) is 0 Å². The van der Waals surface area contributed by atoms with Crippen molar-refractivity contribution in [2.45, 2.75) is 29.9 Å². The average molecular weight is 423 g/mol. The summed E-state index contributed by atoms with van der Waals surface area (Å²) in [4.78, 5) is 12.6. The van der Waals surface area contributed by atoms with Gasteiger partial charge in [-0.05, 0) is 62.0 Å². The van der Waals surface area contributed by atoms with Crippen molar-refractivity contribution in [2.24, 2.45) is 5.92 Å². The lowest BCUT2D eigenvalue weighted by Crippen LogP contribution is -2.33. The van der Waals surface area contributed by atoms with E-state index in [4.69, 9.17) is 0 Å². The molecule has 2 aromatic rings. The van der Waals surface area contributed by atoms with Crippen molar-refractivity contribution in [2.75, 3.05) is 19.6 Å². The maximum Gasteiger partial charge on any atom is 0.251 e. The summed E-state index contributed by atoms with van der Waals surface area (Å²) >= 11 is 0. The molecule has 0 aromatic heterocycles. The molecule has 5 nitrogen and oxygen atoms in total. The van der Waals surface area contributed by atoms with Gasteiger partial charge >= 0.3 is 0 Å². The largest absolute Gasteiger partial charge is 0.352 e. The van der Waals surface area contributed by atoms with Crippen molar-refractivity contribution in [3.05, 3.63) is 65.7 Å². The maximum absolute atomic E-state index is 12.7. The van der Waals surface area contributed by atoms with Crippen LogP contribution in [0.5, 0.6) is 0 Å². The lowest BCUT2D eigenvalue weighted by molar-refractivity contribution is 0.0950. The summed E-state index contributed by atoms with van der Waals surface area (Å²) in [5, 5.41) is 6.28. The first kappa shape index (κ1) is 22.4. The minimum atomic E-state index is -3.50. The van der Waals surface area contributed by atoms with Gasteiger partial charge in [-0.3, -0.25) is 4.79 Å². The van der Waals surface area contributed by atoms with Gasteiger partial charge in [-0.2, -0.15) is 0 Å². The van der Waals surface area contributed by atoms with E-state index in [1.807, 2.05) is 18.2 Å². The predicted molar refractivity (Wildman–Crippen MR) is 114 cm³/mol. The molecular formula is C21H27ClN2O3S. The topological polar surface area (TPSA) is 75.3 Å². The van der Waals surface area contributed by atoms with Crippen LogP contribution in [0.4, 0.5) is 0 Å². The van der Waals surface area contributed by atoms with Gasteiger partial charge in [-0.25, -0.2) is 8.42 Å². The number of amides is 1. The number of hydrogen-bond donors (Lipinski definition) is 2. The molecule has 0 aliphatic carbocycles. The maximum atomic E-state index is 12.7. The number of carbonyl (C=O) groups is 1. The van der Waals surface area contributed by atoms with Crippen LogP contribution in [0.2, 0.25) is 0 Å². The van der Waals surface area contributed by atoms with Crippen LogP contribution in [0.1, 0.15) is 35.2 Å². The molecule has 2 N–H and O–H groups in total. The Balaban J connectivity index is 0.00000280. The van der Waals surface area contributed by atoms with Crippen LogP contribution in [0.15, 0.2) is 59.5 Å². The Kier molecular flexibility index (Phi) is 8.48. The highest BCUT2D eigenvalue weighted by Crippen LogP contribution is 2.18. The summed E-state index contributed by atoms with van der Waals surface area (Å²) in [5.74, 6) is 0.292. The van der Waals surface area contributed by atoms with E-state index < -0.39 is 9.84 Å². The highest BCUT2D eigenvalue weighted by Gasteiger charge is 2.18. The molecule has 1 fully saturated rings. The fourth-order valence-corrected chi connectivity index (χ4v) is 4.76. The standard InChI is InChI=1S/C21H26N2O3S.ClH/c24-21(23-13-11-17-8-5-12-22-15-17)19-9-4-10-20(14-19)27(25,26)16-18-6-2-1-3-7-18;/h1-4,6-7,9-10,14,17,22H,5,8,11-13,15-16H2,(H,23,24);1H. The van der Waals surface area contributed by atoms with E-state index >= 15 is 0 Å². The Labute approximate surface area is 173 Å². The van der Waals surface area contributed by atoms with Crippen molar-refractivity contribution in [3.63, 3.8) is 0 Å². The Hall–Kier alpha value is -1.89. The molecule has 7 heteroatoms. The summed E-state index contributed by atoms with van der Waals surface area (Å²) in [7, 11) is -3.50. The van der Waals surface area contributed by atoms with Gasteiger partial charge < -0.3 is 10.6 Å². The van der Waals surface area contributed by atoms with Gasteiger partial charge in [0.25, 0.3) is 5.91 Å². The van der Waals surface area contributed by atoms with Crippen LogP contribution in [-0.4, -0.2) is 34.0 Å². The summed E-state index contributed by atoms with van der Waals surface area (Å²) in [5.41, 5.74) is 1.11. The molecule has 1 atom stereocenters. The molecule has 1 saturated heterocycles. The first-order valence-corrected chi connectivity index (χ1v) is 11.1. The molecule has 1 heterocycles. The molecule has 0 saturated carbocycles. The number of benzene rings is 2. The number of nitrogens with one attached hydrogen (secondary N) is 2. The lowest BCUT2D eigenvalue weighted by Gasteiger charge is -2.22. The van der Waals surface area contributed by atoms with Gasteiger partial charge in [0.05, 0.1) is 10.6 Å². The number of sulfone groups is 1. The van der Waals surface area contributed by atoms with Crippen LogP contribution < -0.4 is 10.6 Å². The molecule has 0 spiro atoms. The highest BCUT2D eigenvalue weighted by molar-refractivity contribution is 7.90. The highest BCUT2D eigenvalue weighted by atomic mass is 35.5. The monoisotopic (exact) mass is 422 g/mol. The average Bonchev–Trinajstić information content (AvgIpc) is 2.69. The first-order valence-electron chi connectivity index (χ1n) is 9.40. The van der Waals surface area contributed by atoms with Gasteiger partial charge in [-0.1, -0.05) is 36.4 Å². The van der Waals surface area contributed by atoms with Gasteiger partial charge in [0.2, 0.25) is 0 Å². The van der Waals surface area contributed by atoms with E-state index in [0.717, 1.165) is 25.1 Å². The molecule has 0 bridgehead atoms. The third-order valence-electron chi connectivity index (χ3n) is 4.89. The molecule has 1 amide bonds. The third-order valence-corrected chi connectivity index (χ3v) is 6.58. The van der Waals surface area contributed by atoms with Crippen molar-refractivity contribution in [1.29, 1.82) is 0 Å². The Morgan fingerprint density at radius 3 is 2.61 bits per heavy atom. The van der Waals surface area contributed by atoms with Gasteiger partial charge in [-0.15, -0.1) is 12.4 Å². The van der Waals surface area contributed by atoms with Crippen LogP contribution >= 0.6 is 12.4 Å². The van der Waals surface area contributed by atoms with Gasteiger partial charge in [0.15, 0.2) is 9.84 Å². The molecule has 0 radical (unpaired) electrons. The molecular weight excluding hydrogens is 396 g/mol. The van der Waals surface area contributed by atoms with Gasteiger partial charge in [0.1, 0.15) is 0 Å². The van der Waals surface area contributed by atoms with Crippen molar-refractivity contribution in [1.82, 2.24) is 10.6 Å². The molecule has 2 aromatic carbocycles. The summed E-state index contributed by atoms with van der Waals surface area (Å²) in [6.45, 7) is 2.68. The molecule has 152 valence electrons. The second-order valence-electron chi connectivity index (χ2n) is 7.03. The van der Waals surface area contributed by atoms with E-state index in [9.17, 15) is 13.2 Å². The Morgan fingerprint density at radius 2 is 1.89 bits per heavy atom. The Morgan fingerprint density at radius 1 is 1.11 bits per heavy atom. The quantitative estimate of drug-likeness (QED) is 0.718. The first-order chi connectivity index (χ1) is 13.0. The third kappa shape index (κ3) is 6.33. The molecule has 1 aliphatic rings. The number of hydrogen-bond acceptors (Lipinski definition) is 4. The zero-order valence-corrected chi connectivity index (χ0v) is 17.4. The molecule has 3 rings (SSSR count). The molecule has 1 unspecified atom stereocenters. The number of rotatable bonds is 7. The van der Waals surface area contributed by atoms with Gasteiger partial charge in [0, 0.05) is 12.1 Å². The minimum Gasteiger partial charge on any atom is -0.352 e. The van der Waals surface area contributed by atoms with Crippen LogP contribution in [0, 0.1) is 5.92 Å². The summed E-state index contributed by atoms with van der Waals surface area (Å²) in [6.07, 6.45) is 3.31. The fourth-order valence-electron chi connectivity index (χ4n) is 3.37. The van der Waals surface area contributed by atoms with E-state index in [2.05, 4.69) is 10.6 Å². The second kappa shape index (κ2) is 10.6. The number of piperidine rings is 1. The SMILES string of the molecule is Cl.O=C(NCCC1CCCNC1)c1cccc(S(=O)(=O)Cc2ccccc2)c1. The summed E-state index contributed by atoms with van der Waals surface area (Å²) in [6, 6.07) is 15.3. The van der Waals surface area contributed by atoms with Crippen molar-refractivity contribution < 1.29 is 13.2 Å². The molecule has 1 aliphatic heterocycles. The number of carbonyl (C=O) groups excluding carboxylic acids is 1. The van der Waals surface area contributed by atoms with Crippen LogP contribution in [-0.2, 0) is 15.6 Å². The fraction of sp³-hybridized carbons (Fsp3) is 0.381. The minimum absolute atomic E-state index is 0. The Bertz CT molecular complexity index is 866. The zero-order chi connectivity index (χ0) is 19.1. The molecule has 28 heavy (non-hydrogen) atoms. The van der Waals surface area contributed by atoms with Crippen LogP contribution in [0.25, 0.3) is 0 Å². The predicted octanol–water partition coefficient (Wildman–Crippen LogP) is 3.20. The second-order valence-corrected chi connectivity index (χ2v) is 9.02. The van der Waals surface area contributed by atoms with E-state index in [-0.39, 0.29) is 29.0 Å². The number of halogens is 1. The van der Waals surface area contributed by atoms with Crippen molar-refractivity contribution in [3.8, 4) is 0 Å². The normalized spacial score (nSPS) is 16.8. The lowest BCUT2D eigenvalue weighted by atomic mass is 9.96. The smallest absolute Gasteiger partial charge is 0.251 e. The van der Waals surface area contributed by atoms with E-state index in [1.54, 1.807) is 30.3 Å².